The van der Waals surface area contributed by atoms with Gasteiger partial charge in [-0.3, -0.25) is 0 Å². The summed E-state index contributed by atoms with van der Waals surface area (Å²) >= 11 is 6.03. The van der Waals surface area contributed by atoms with Crippen LogP contribution in [0, 0.1) is 0 Å². The topological polar surface area (TPSA) is 50.8 Å². The van der Waals surface area contributed by atoms with E-state index < -0.39 is 0 Å². The molecule has 1 atom stereocenters. The highest BCUT2D eigenvalue weighted by molar-refractivity contribution is 6.32. The molecule has 0 aromatic heterocycles. The van der Waals surface area contributed by atoms with Gasteiger partial charge in [0.2, 0.25) is 0 Å². The van der Waals surface area contributed by atoms with E-state index in [0.717, 1.165) is 13.1 Å². The minimum atomic E-state index is -0.0750. The summed E-state index contributed by atoms with van der Waals surface area (Å²) in [5.41, 5.74) is 5.90. The van der Waals surface area contributed by atoms with Gasteiger partial charge in [-0.15, -0.1) is 0 Å². The van der Waals surface area contributed by atoms with Crippen LogP contribution in [0.1, 0.15) is 20.8 Å². The van der Waals surface area contributed by atoms with Gasteiger partial charge in [0, 0.05) is 13.1 Å². The first-order valence-corrected chi connectivity index (χ1v) is 6.92. The molecule has 0 saturated carbocycles. The monoisotopic (exact) mass is 283 g/mol. The number of nitrogens with zero attached hydrogens (tertiary/aromatic N) is 2. The van der Waals surface area contributed by atoms with Gasteiger partial charge in [0.1, 0.15) is 11.9 Å². The lowest BCUT2D eigenvalue weighted by Gasteiger charge is -2.20. The number of aliphatic imine (C=N–C) groups is 1. The second kappa shape index (κ2) is 7.89. The van der Waals surface area contributed by atoms with Crippen molar-refractivity contribution < 1.29 is 4.74 Å². The van der Waals surface area contributed by atoms with E-state index in [1.54, 1.807) is 6.07 Å². The smallest absolute Gasteiger partial charge is 0.191 e. The van der Waals surface area contributed by atoms with E-state index in [1.807, 2.05) is 30.0 Å². The molecule has 0 bridgehead atoms. The lowest BCUT2D eigenvalue weighted by atomic mass is 10.3. The lowest BCUT2D eigenvalue weighted by molar-refractivity contribution is 0.230. The van der Waals surface area contributed by atoms with Crippen molar-refractivity contribution in [2.45, 2.75) is 26.9 Å². The molecule has 1 unspecified atom stereocenters. The number of hydrogen-bond acceptors (Lipinski definition) is 2. The number of rotatable bonds is 6. The van der Waals surface area contributed by atoms with Crippen LogP contribution in [0.3, 0.4) is 0 Å². The standard InChI is InChI=1S/C14H22ClN3O/c1-4-18(5-2)14(16)17-10-11(3)19-13-9-7-6-8-12(13)15/h6-9,11H,4-5,10H2,1-3H3,(H2,16,17). The number of halogens is 1. The Morgan fingerprint density at radius 3 is 2.58 bits per heavy atom. The van der Waals surface area contributed by atoms with E-state index in [2.05, 4.69) is 18.8 Å². The summed E-state index contributed by atoms with van der Waals surface area (Å²) in [4.78, 5) is 6.35. The van der Waals surface area contributed by atoms with Crippen LogP contribution >= 0.6 is 11.6 Å². The third kappa shape index (κ3) is 4.99. The fourth-order valence-corrected chi connectivity index (χ4v) is 1.84. The predicted molar refractivity (Wildman–Crippen MR) is 81.0 cm³/mol. The maximum absolute atomic E-state index is 6.03. The first-order chi connectivity index (χ1) is 9.08. The van der Waals surface area contributed by atoms with Crippen LogP contribution in [0.25, 0.3) is 0 Å². The van der Waals surface area contributed by atoms with Gasteiger partial charge in [0.25, 0.3) is 0 Å². The molecule has 5 heteroatoms. The van der Waals surface area contributed by atoms with E-state index in [4.69, 9.17) is 22.1 Å². The Labute approximate surface area is 120 Å². The van der Waals surface area contributed by atoms with Gasteiger partial charge >= 0.3 is 0 Å². The van der Waals surface area contributed by atoms with E-state index in [0.29, 0.717) is 23.3 Å². The van der Waals surface area contributed by atoms with Crippen molar-refractivity contribution in [3.05, 3.63) is 29.3 Å². The molecule has 4 nitrogen and oxygen atoms in total. The molecule has 2 N–H and O–H groups in total. The van der Waals surface area contributed by atoms with Gasteiger partial charge in [-0.05, 0) is 32.9 Å². The van der Waals surface area contributed by atoms with Gasteiger partial charge in [0.05, 0.1) is 11.6 Å². The summed E-state index contributed by atoms with van der Waals surface area (Å²) in [7, 11) is 0. The van der Waals surface area contributed by atoms with Crippen LogP contribution in [-0.2, 0) is 0 Å². The van der Waals surface area contributed by atoms with E-state index >= 15 is 0 Å². The first kappa shape index (κ1) is 15.6. The normalized spacial score (nSPS) is 13.2. The SMILES string of the molecule is CCN(CC)C(N)=NCC(C)Oc1ccccc1Cl. The van der Waals surface area contributed by atoms with Crippen molar-refractivity contribution in [2.24, 2.45) is 10.7 Å². The van der Waals surface area contributed by atoms with Crippen molar-refractivity contribution in [3.63, 3.8) is 0 Å². The van der Waals surface area contributed by atoms with Gasteiger partial charge < -0.3 is 15.4 Å². The van der Waals surface area contributed by atoms with Crippen molar-refractivity contribution in [1.82, 2.24) is 4.90 Å². The molecular formula is C14H22ClN3O. The number of guanidine groups is 1. The Morgan fingerprint density at radius 1 is 1.37 bits per heavy atom. The molecule has 19 heavy (non-hydrogen) atoms. The summed E-state index contributed by atoms with van der Waals surface area (Å²) in [5, 5.41) is 0.607. The largest absolute Gasteiger partial charge is 0.487 e. The molecule has 0 amide bonds. The molecule has 0 saturated heterocycles. The maximum Gasteiger partial charge on any atom is 0.191 e. The molecule has 0 aliphatic heterocycles. The summed E-state index contributed by atoms with van der Waals surface area (Å²) in [6.45, 7) is 8.26. The van der Waals surface area contributed by atoms with Crippen molar-refractivity contribution in [2.75, 3.05) is 19.6 Å². The quantitative estimate of drug-likeness (QED) is 0.645. The van der Waals surface area contributed by atoms with Crippen LogP contribution in [0.2, 0.25) is 5.02 Å². The highest BCUT2D eigenvalue weighted by Crippen LogP contribution is 2.24. The number of nitrogens with two attached hydrogens (primary N) is 1. The highest BCUT2D eigenvalue weighted by Gasteiger charge is 2.08. The molecule has 0 aliphatic carbocycles. The van der Waals surface area contributed by atoms with Gasteiger partial charge in [0.15, 0.2) is 5.96 Å². The van der Waals surface area contributed by atoms with Crippen LogP contribution < -0.4 is 10.5 Å². The third-order valence-corrected chi connectivity index (χ3v) is 3.07. The van der Waals surface area contributed by atoms with Gasteiger partial charge in [-0.2, -0.15) is 0 Å². The Bertz CT molecular complexity index is 419. The van der Waals surface area contributed by atoms with Crippen molar-refractivity contribution in [3.8, 4) is 5.75 Å². The fraction of sp³-hybridized carbons (Fsp3) is 0.500. The molecule has 1 rings (SSSR count). The molecule has 0 aliphatic rings. The molecule has 0 radical (unpaired) electrons. The minimum Gasteiger partial charge on any atom is -0.487 e. The molecule has 106 valence electrons. The number of para-hydroxylation sites is 1. The van der Waals surface area contributed by atoms with Crippen LogP contribution in [0.4, 0.5) is 0 Å². The van der Waals surface area contributed by atoms with Crippen molar-refractivity contribution >= 4 is 17.6 Å². The zero-order chi connectivity index (χ0) is 14.3. The highest BCUT2D eigenvalue weighted by atomic mass is 35.5. The summed E-state index contributed by atoms with van der Waals surface area (Å²) in [6, 6.07) is 7.41. The fourth-order valence-electron chi connectivity index (χ4n) is 1.66. The minimum absolute atomic E-state index is 0.0750. The number of hydrogen-bond donors (Lipinski definition) is 1. The zero-order valence-corrected chi connectivity index (χ0v) is 12.5. The Kier molecular flexibility index (Phi) is 6.50. The van der Waals surface area contributed by atoms with E-state index in [-0.39, 0.29) is 6.10 Å². The van der Waals surface area contributed by atoms with E-state index in [9.17, 15) is 0 Å². The number of ether oxygens (including phenoxy) is 1. The second-order valence-corrected chi connectivity index (χ2v) is 4.64. The van der Waals surface area contributed by atoms with Gasteiger partial charge in [-0.25, -0.2) is 4.99 Å². The summed E-state index contributed by atoms with van der Waals surface area (Å²) < 4.78 is 5.73. The zero-order valence-electron chi connectivity index (χ0n) is 11.8. The average Bonchev–Trinajstić information content (AvgIpc) is 2.40. The predicted octanol–water partition coefficient (Wildman–Crippen LogP) is 2.76. The average molecular weight is 284 g/mol. The molecule has 1 aromatic rings. The lowest BCUT2D eigenvalue weighted by Crippen LogP contribution is -2.37. The Balaban J connectivity index is 2.54. The molecular weight excluding hydrogens is 262 g/mol. The van der Waals surface area contributed by atoms with Gasteiger partial charge in [-0.1, -0.05) is 23.7 Å². The maximum atomic E-state index is 6.03. The molecule has 0 heterocycles. The van der Waals surface area contributed by atoms with Crippen LogP contribution in [0.5, 0.6) is 5.75 Å². The van der Waals surface area contributed by atoms with Crippen LogP contribution in [-0.4, -0.2) is 36.6 Å². The number of benzene rings is 1. The first-order valence-electron chi connectivity index (χ1n) is 6.54. The van der Waals surface area contributed by atoms with Crippen molar-refractivity contribution in [1.29, 1.82) is 0 Å². The molecule has 1 aromatic carbocycles. The Morgan fingerprint density at radius 2 is 2.00 bits per heavy atom. The van der Waals surface area contributed by atoms with E-state index in [1.165, 1.54) is 0 Å². The molecule has 0 spiro atoms. The Hall–Kier alpha value is -1.42. The van der Waals surface area contributed by atoms with Crippen LogP contribution in [0.15, 0.2) is 29.3 Å². The molecule has 0 fully saturated rings. The third-order valence-electron chi connectivity index (χ3n) is 2.76. The summed E-state index contributed by atoms with van der Waals surface area (Å²) in [6.07, 6.45) is -0.0750. The summed E-state index contributed by atoms with van der Waals surface area (Å²) in [5.74, 6) is 1.23. The second-order valence-electron chi connectivity index (χ2n) is 4.23.